The van der Waals surface area contributed by atoms with Crippen LogP contribution in [0.25, 0.3) is 0 Å². The van der Waals surface area contributed by atoms with Crippen LogP contribution in [0.5, 0.6) is 0 Å². The molecule has 1 aliphatic carbocycles. The maximum atomic E-state index is 12.5. The highest BCUT2D eigenvalue weighted by Crippen LogP contribution is 2.42. The molecule has 0 spiro atoms. The van der Waals surface area contributed by atoms with Gasteiger partial charge in [-0.05, 0) is 24.8 Å². The lowest BCUT2D eigenvalue weighted by atomic mass is 9.73. The fourth-order valence-corrected chi connectivity index (χ4v) is 3.25. The Balaban J connectivity index is 2.03. The fourth-order valence-electron chi connectivity index (χ4n) is 3.25. The summed E-state index contributed by atoms with van der Waals surface area (Å²) in [6.07, 6.45) is 5.25. The molecule has 1 aromatic carbocycles. The van der Waals surface area contributed by atoms with Crippen molar-refractivity contribution >= 4 is 5.78 Å². The van der Waals surface area contributed by atoms with Crippen molar-refractivity contribution in [3.63, 3.8) is 0 Å². The third-order valence-corrected chi connectivity index (χ3v) is 4.30. The van der Waals surface area contributed by atoms with Crippen LogP contribution in [0.1, 0.15) is 37.7 Å². The molecule has 90 valence electrons. The van der Waals surface area contributed by atoms with Gasteiger partial charge in [-0.25, -0.2) is 0 Å². The van der Waals surface area contributed by atoms with Gasteiger partial charge in [0.05, 0.1) is 0 Å². The lowest BCUT2D eigenvalue weighted by molar-refractivity contribution is -0.138. The molecular weight excluding hydrogens is 210 g/mol. The van der Waals surface area contributed by atoms with Crippen molar-refractivity contribution in [2.45, 2.75) is 37.6 Å². The van der Waals surface area contributed by atoms with Crippen LogP contribution in [0, 0.1) is 0 Å². The van der Waals surface area contributed by atoms with Gasteiger partial charge >= 0.3 is 0 Å². The van der Waals surface area contributed by atoms with Crippen molar-refractivity contribution in [1.82, 2.24) is 4.90 Å². The number of carbonyl (C=O) groups is 1. The van der Waals surface area contributed by atoms with E-state index in [0.29, 0.717) is 5.78 Å². The first-order chi connectivity index (χ1) is 8.34. The summed E-state index contributed by atoms with van der Waals surface area (Å²) in [5.74, 6) is 0.439. The van der Waals surface area contributed by atoms with E-state index < -0.39 is 0 Å². The van der Waals surface area contributed by atoms with E-state index in [1.807, 2.05) is 6.07 Å². The van der Waals surface area contributed by atoms with Crippen LogP contribution >= 0.6 is 0 Å². The number of hydrogen-bond acceptors (Lipinski definition) is 2. The Kier molecular flexibility index (Phi) is 2.75. The highest BCUT2D eigenvalue weighted by molar-refractivity contribution is 5.90. The third-order valence-electron chi connectivity index (χ3n) is 4.30. The van der Waals surface area contributed by atoms with E-state index in [2.05, 4.69) is 29.2 Å². The minimum absolute atomic E-state index is 0.280. The molecule has 0 radical (unpaired) electrons. The van der Waals surface area contributed by atoms with Gasteiger partial charge in [0.15, 0.2) is 5.78 Å². The standard InChI is InChI=1S/C15H19NO/c17-14-9-4-5-10-15(14,16-11-6-12-16)13-7-2-1-3-8-13/h1-3,7-8H,4-6,9-12H2/t15-/m1/s1. The molecule has 1 heterocycles. The summed E-state index contributed by atoms with van der Waals surface area (Å²) in [5.41, 5.74) is 0.932. The third kappa shape index (κ3) is 1.62. The summed E-state index contributed by atoms with van der Waals surface area (Å²) in [6.45, 7) is 2.17. The summed E-state index contributed by atoms with van der Waals surface area (Å²) in [4.78, 5) is 14.9. The van der Waals surface area contributed by atoms with Crippen LogP contribution in [0.15, 0.2) is 30.3 Å². The van der Waals surface area contributed by atoms with Crippen LogP contribution in [0.2, 0.25) is 0 Å². The van der Waals surface area contributed by atoms with E-state index in [4.69, 9.17) is 0 Å². The first kappa shape index (κ1) is 11.0. The number of nitrogens with zero attached hydrogens (tertiary/aromatic N) is 1. The minimum atomic E-state index is -0.280. The zero-order valence-corrected chi connectivity index (χ0v) is 10.2. The fraction of sp³-hybridized carbons (Fsp3) is 0.533. The van der Waals surface area contributed by atoms with Crippen molar-refractivity contribution in [3.05, 3.63) is 35.9 Å². The maximum Gasteiger partial charge on any atom is 0.157 e. The molecule has 2 fully saturated rings. The number of likely N-dealkylation sites (tertiary alicyclic amines) is 1. The Morgan fingerprint density at radius 3 is 2.35 bits per heavy atom. The zero-order valence-electron chi connectivity index (χ0n) is 10.2. The van der Waals surface area contributed by atoms with Crippen LogP contribution in [-0.2, 0) is 10.3 Å². The Labute approximate surface area is 103 Å². The van der Waals surface area contributed by atoms with Gasteiger partial charge in [0, 0.05) is 19.5 Å². The topological polar surface area (TPSA) is 20.3 Å². The zero-order chi connectivity index (χ0) is 11.7. The first-order valence-electron chi connectivity index (χ1n) is 6.68. The number of hydrogen-bond donors (Lipinski definition) is 0. The van der Waals surface area contributed by atoms with Gasteiger partial charge < -0.3 is 0 Å². The van der Waals surface area contributed by atoms with Gasteiger partial charge in [-0.15, -0.1) is 0 Å². The summed E-state index contributed by atoms with van der Waals surface area (Å²) < 4.78 is 0. The molecule has 17 heavy (non-hydrogen) atoms. The molecule has 0 aromatic heterocycles. The van der Waals surface area contributed by atoms with Gasteiger partial charge in [0.1, 0.15) is 5.54 Å². The smallest absolute Gasteiger partial charge is 0.157 e. The largest absolute Gasteiger partial charge is 0.297 e. The predicted octanol–water partition coefficient (Wildman–Crippen LogP) is 2.73. The van der Waals surface area contributed by atoms with Crippen molar-refractivity contribution in [3.8, 4) is 0 Å². The monoisotopic (exact) mass is 229 g/mol. The van der Waals surface area contributed by atoms with Gasteiger partial charge in [0.2, 0.25) is 0 Å². The highest BCUT2D eigenvalue weighted by atomic mass is 16.1. The normalized spacial score (nSPS) is 30.0. The van der Waals surface area contributed by atoms with Gasteiger partial charge in [0.25, 0.3) is 0 Å². The minimum Gasteiger partial charge on any atom is -0.297 e. The van der Waals surface area contributed by atoms with E-state index >= 15 is 0 Å². The van der Waals surface area contributed by atoms with Crippen LogP contribution in [0.4, 0.5) is 0 Å². The molecule has 1 atom stereocenters. The van der Waals surface area contributed by atoms with Gasteiger partial charge in [-0.3, -0.25) is 9.69 Å². The molecule has 1 aliphatic heterocycles. The molecule has 0 bridgehead atoms. The summed E-state index contributed by atoms with van der Waals surface area (Å²) in [5, 5.41) is 0. The number of rotatable bonds is 2. The lowest BCUT2D eigenvalue weighted by Gasteiger charge is -2.50. The number of Topliss-reactive ketones (excluding diaryl/α,β-unsaturated/α-hetero) is 1. The molecule has 1 aromatic rings. The first-order valence-corrected chi connectivity index (χ1v) is 6.68. The number of ketones is 1. The molecular formula is C15H19NO. The van der Waals surface area contributed by atoms with E-state index in [1.165, 1.54) is 18.4 Å². The van der Waals surface area contributed by atoms with Gasteiger partial charge in [-0.1, -0.05) is 36.8 Å². The maximum absolute atomic E-state index is 12.5. The molecule has 2 heteroatoms. The number of carbonyl (C=O) groups excluding carboxylic acids is 1. The Morgan fingerprint density at radius 1 is 1.00 bits per heavy atom. The lowest BCUT2D eigenvalue weighted by Crippen LogP contribution is -2.58. The second kappa shape index (κ2) is 4.26. The molecule has 3 rings (SSSR count). The van der Waals surface area contributed by atoms with Gasteiger partial charge in [-0.2, -0.15) is 0 Å². The van der Waals surface area contributed by atoms with E-state index in [9.17, 15) is 4.79 Å². The summed E-state index contributed by atoms with van der Waals surface area (Å²) in [7, 11) is 0. The molecule has 1 saturated heterocycles. The molecule has 2 aliphatic rings. The number of benzene rings is 1. The summed E-state index contributed by atoms with van der Waals surface area (Å²) >= 11 is 0. The van der Waals surface area contributed by atoms with Crippen molar-refractivity contribution in [2.75, 3.05) is 13.1 Å². The molecule has 0 amide bonds. The van der Waals surface area contributed by atoms with Crippen molar-refractivity contribution in [2.24, 2.45) is 0 Å². The average Bonchev–Trinajstić information content (AvgIpc) is 2.31. The quantitative estimate of drug-likeness (QED) is 0.777. The van der Waals surface area contributed by atoms with Crippen molar-refractivity contribution in [1.29, 1.82) is 0 Å². The molecule has 1 saturated carbocycles. The predicted molar refractivity (Wildman–Crippen MR) is 67.8 cm³/mol. The molecule has 2 nitrogen and oxygen atoms in total. The van der Waals surface area contributed by atoms with Crippen LogP contribution in [-0.4, -0.2) is 23.8 Å². The molecule has 0 N–H and O–H groups in total. The van der Waals surface area contributed by atoms with Crippen LogP contribution in [0.3, 0.4) is 0 Å². The second-order valence-electron chi connectivity index (χ2n) is 5.20. The Hall–Kier alpha value is -1.15. The SMILES string of the molecule is O=C1CCCC[C@]1(c1ccccc1)N1CCC1. The van der Waals surface area contributed by atoms with Crippen LogP contribution < -0.4 is 0 Å². The molecule has 0 unspecified atom stereocenters. The van der Waals surface area contributed by atoms with E-state index in [1.54, 1.807) is 0 Å². The van der Waals surface area contributed by atoms with E-state index in [-0.39, 0.29) is 5.54 Å². The second-order valence-corrected chi connectivity index (χ2v) is 5.20. The summed E-state index contributed by atoms with van der Waals surface area (Å²) in [6, 6.07) is 10.4. The van der Waals surface area contributed by atoms with E-state index in [0.717, 1.165) is 32.4 Å². The highest BCUT2D eigenvalue weighted by Gasteiger charge is 2.47. The van der Waals surface area contributed by atoms with Crippen molar-refractivity contribution < 1.29 is 4.79 Å². The average molecular weight is 229 g/mol. The Morgan fingerprint density at radius 2 is 1.76 bits per heavy atom. The Bertz CT molecular complexity index is 410.